The SMILES string of the molecule is CNNC(=O)c1ccc(N(C)C)cc1. The van der Waals surface area contributed by atoms with Gasteiger partial charge in [0.25, 0.3) is 5.91 Å². The molecule has 14 heavy (non-hydrogen) atoms. The first-order chi connectivity index (χ1) is 6.65. The summed E-state index contributed by atoms with van der Waals surface area (Å²) in [5.74, 6) is -0.127. The Morgan fingerprint density at radius 3 is 2.21 bits per heavy atom. The van der Waals surface area contributed by atoms with Gasteiger partial charge in [0.2, 0.25) is 0 Å². The van der Waals surface area contributed by atoms with Crippen molar-refractivity contribution in [2.24, 2.45) is 0 Å². The van der Waals surface area contributed by atoms with E-state index in [4.69, 9.17) is 0 Å². The van der Waals surface area contributed by atoms with Crippen LogP contribution in [0.4, 0.5) is 5.69 Å². The van der Waals surface area contributed by atoms with Crippen molar-refractivity contribution in [3.05, 3.63) is 29.8 Å². The van der Waals surface area contributed by atoms with Crippen molar-refractivity contribution in [2.45, 2.75) is 0 Å². The van der Waals surface area contributed by atoms with Gasteiger partial charge in [0.15, 0.2) is 0 Å². The monoisotopic (exact) mass is 193 g/mol. The highest BCUT2D eigenvalue weighted by Crippen LogP contribution is 2.11. The highest BCUT2D eigenvalue weighted by Gasteiger charge is 2.03. The van der Waals surface area contributed by atoms with Gasteiger partial charge in [-0.1, -0.05) is 0 Å². The molecule has 4 nitrogen and oxygen atoms in total. The van der Waals surface area contributed by atoms with Gasteiger partial charge in [-0.2, -0.15) is 0 Å². The molecule has 0 spiro atoms. The molecule has 76 valence electrons. The van der Waals surface area contributed by atoms with E-state index in [0.29, 0.717) is 5.56 Å². The summed E-state index contributed by atoms with van der Waals surface area (Å²) in [6.45, 7) is 0. The van der Waals surface area contributed by atoms with E-state index in [1.54, 1.807) is 19.2 Å². The fourth-order valence-electron chi connectivity index (χ4n) is 1.10. The van der Waals surface area contributed by atoms with Gasteiger partial charge in [-0.15, -0.1) is 0 Å². The minimum atomic E-state index is -0.127. The van der Waals surface area contributed by atoms with Crippen LogP contribution in [0.1, 0.15) is 10.4 Å². The van der Waals surface area contributed by atoms with Crippen molar-refractivity contribution < 1.29 is 4.79 Å². The van der Waals surface area contributed by atoms with E-state index in [9.17, 15) is 4.79 Å². The van der Waals surface area contributed by atoms with Gasteiger partial charge in [0, 0.05) is 32.4 Å². The van der Waals surface area contributed by atoms with Gasteiger partial charge < -0.3 is 4.90 Å². The van der Waals surface area contributed by atoms with Crippen LogP contribution in [-0.4, -0.2) is 27.1 Å². The van der Waals surface area contributed by atoms with E-state index >= 15 is 0 Å². The highest BCUT2D eigenvalue weighted by atomic mass is 16.2. The third kappa shape index (κ3) is 2.47. The molecule has 0 aliphatic rings. The van der Waals surface area contributed by atoms with Crippen molar-refractivity contribution in [3.63, 3.8) is 0 Å². The number of nitrogens with zero attached hydrogens (tertiary/aromatic N) is 1. The third-order valence-corrected chi connectivity index (χ3v) is 1.88. The molecule has 4 heteroatoms. The number of hydrogen-bond acceptors (Lipinski definition) is 3. The van der Waals surface area contributed by atoms with Crippen molar-refractivity contribution in [1.29, 1.82) is 0 Å². The fourth-order valence-corrected chi connectivity index (χ4v) is 1.10. The number of hydrogen-bond donors (Lipinski definition) is 2. The molecule has 0 saturated heterocycles. The van der Waals surface area contributed by atoms with E-state index in [2.05, 4.69) is 10.9 Å². The number of hydrazine groups is 1. The van der Waals surface area contributed by atoms with Crippen LogP contribution in [0.25, 0.3) is 0 Å². The molecule has 0 aromatic heterocycles. The number of carbonyl (C=O) groups excluding carboxylic acids is 1. The average molecular weight is 193 g/mol. The second-order valence-corrected chi connectivity index (χ2v) is 3.15. The van der Waals surface area contributed by atoms with Crippen molar-refractivity contribution in [3.8, 4) is 0 Å². The van der Waals surface area contributed by atoms with E-state index in [0.717, 1.165) is 5.69 Å². The molecule has 1 aromatic carbocycles. The first-order valence-electron chi connectivity index (χ1n) is 4.39. The number of amides is 1. The molecule has 0 saturated carbocycles. The van der Waals surface area contributed by atoms with Gasteiger partial charge in [-0.05, 0) is 24.3 Å². The molecule has 0 bridgehead atoms. The molecule has 1 aromatic rings. The Kier molecular flexibility index (Phi) is 3.48. The minimum Gasteiger partial charge on any atom is -0.378 e. The normalized spacial score (nSPS) is 9.64. The largest absolute Gasteiger partial charge is 0.378 e. The van der Waals surface area contributed by atoms with Crippen LogP contribution in [-0.2, 0) is 0 Å². The van der Waals surface area contributed by atoms with Crippen LogP contribution in [0.3, 0.4) is 0 Å². The Hall–Kier alpha value is -1.55. The highest BCUT2D eigenvalue weighted by molar-refractivity contribution is 5.94. The van der Waals surface area contributed by atoms with Crippen LogP contribution < -0.4 is 15.8 Å². The lowest BCUT2D eigenvalue weighted by molar-refractivity contribution is 0.0938. The molecule has 0 aliphatic heterocycles. The predicted molar refractivity (Wildman–Crippen MR) is 57.3 cm³/mol. The summed E-state index contributed by atoms with van der Waals surface area (Å²) < 4.78 is 0. The quantitative estimate of drug-likeness (QED) is 0.692. The van der Waals surface area contributed by atoms with Gasteiger partial charge in [-0.3, -0.25) is 10.2 Å². The molecule has 0 fully saturated rings. The lowest BCUT2D eigenvalue weighted by Crippen LogP contribution is -2.34. The topological polar surface area (TPSA) is 44.4 Å². The first kappa shape index (κ1) is 10.5. The Balaban J connectivity index is 2.78. The van der Waals surface area contributed by atoms with Crippen LogP contribution in [0.2, 0.25) is 0 Å². The summed E-state index contributed by atoms with van der Waals surface area (Å²) in [5, 5.41) is 0. The maximum Gasteiger partial charge on any atom is 0.265 e. The lowest BCUT2D eigenvalue weighted by Gasteiger charge is -2.12. The van der Waals surface area contributed by atoms with Crippen LogP contribution in [0.5, 0.6) is 0 Å². The van der Waals surface area contributed by atoms with E-state index in [-0.39, 0.29) is 5.91 Å². The number of carbonyl (C=O) groups is 1. The molecule has 0 radical (unpaired) electrons. The Labute approximate surface area is 83.9 Å². The first-order valence-corrected chi connectivity index (χ1v) is 4.39. The summed E-state index contributed by atoms with van der Waals surface area (Å²) in [7, 11) is 5.58. The second-order valence-electron chi connectivity index (χ2n) is 3.15. The Bertz CT molecular complexity index is 306. The molecule has 1 amide bonds. The predicted octanol–water partition coefficient (Wildman–Crippen LogP) is 0.617. The molecular formula is C10H15N3O. The van der Waals surface area contributed by atoms with E-state index < -0.39 is 0 Å². The molecule has 1 rings (SSSR count). The number of benzene rings is 1. The fraction of sp³-hybridized carbons (Fsp3) is 0.300. The molecule has 0 aliphatic carbocycles. The van der Waals surface area contributed by atoms with Crippen molar-refractivity contribution >= 4 is 11.6 Å². The standard InChI is InChI=1S/C10H15N3O/c1-11-12-10(14)8-4-6-9(7-5-8)13(2)3/h4-7,11H,1-3H3,(H,12,14). The van der Waals surface area contributed by atoms with E-state index in [1.165, 1.54) is 0 Å². The van der Waals surface area contributed by atoms with Gasteiger partial charge in [0.05, 0.1) is 0 Å². The zero-order chi connectivity index (χ0) is 10.6. The minimum absolute atomic E-state index is 0.127. The lowest BCUT2D eigenvalue weighted by atomic mass is 10.2. The van der Waals surface area contributed by atoms with Crippen LogP contribution in [0, 0.1) is 0 Å². The van der Waals surface area contributed by atoms with Gasteiger partial charge in [-0.25, -0.2) is 5.43 Å². The number of rotatable bonds is 3. The van der Waals surface area contributed by atoms with Gasteiger partial charge in [0.1, 0.15) is 0 Å². The summed E-state index contributed by atoms with van der Waals surface area (Å²) in [4.78, 5) is 13.3. The maximum atomic E-state index is 11.3. The van der Waals surface area contributed by atoms with Gasteiger partial charge >= 0.3 is 0 Å². The average Bonchev–Trinajstić information content (AvgIpc) is 2.18. The number of anilines is 1. The third-order valence-electron chi connectivity index (χ3n) is 1.88. The Morgan fingerprint density at radius 2 is 1.79 bits per heavy atom. The summed E-state index contributed by atoms with van der Waals surface area (Å²) in [5.41, 5.74) is 6.82. The van der Waals surface area contributed by atoms with E-state index in [1.807, 2.05) is 31.1 Å². The molecule has 0 atom stereocenters. The second kappa shape index (κ2) is 4.62. The smallest absolute Gasteiger partial charge is 0.265 e. The molecular weight excluding hydrogens is 178 g/mol. The molecule has 0 heterocycles. The molecule has 0 unspecified atom stereocenters. The summed E-state index contributed by atoms with van der Waals surface area (Å²) in [6, 6.07) is 7.40. The van der Waals surface area contributed by atoms with Crippen molar-refractivity contribution in [2.75, 3.05) is 26.0 Å². The molecule has 2 N–H and O–H groups in total. The van der Waals surface area contributed by atoms with Crippen LogP contribution in [0.15, 0.2) is 24.3 Å². The maximum absolute atomic E-state index is 11.3. The summed E-state index contributed by atoms with van der Waals surface area (Å²) >= 11 is 0. The Morgan fingerprint density at radius 1 is 1.21 bits per heavy atom. The van der Waals surface area contributed by atoms with Crippen molar-refractivity contribution in [1.82, 2.24) is 10.9 Å². The number of nitrogens with one attached hydrogen (secondary N) is 2. The zero-order valence-electron chi connectivity index (χ0n) is 8.66. The summed E-state index contributed by atoms with van der Waals surface area (Å²) in [6.07, 6.45) is 0. The van der Waals surface area contributed by atoms with Crippen LogP contribution >= 0.6 is 0 Å². The zero-order valence-corrected chi connectivity index (χ0v) is 8.66.